The lowest BCUT2D eigenvalue weighted by Gasteiger charge is -2.23. The van der Waals surface area contributed by atoms with Crippen LogP contribution < -0.4 is 0 Å². The average molecular weight is 294 g/mol. The summed E-state index contributed by atoms with van der Waals surface area (Å²) in [7, 11) is 0. The van der Waals surface area contributed by atoms with Gasteiger partial charge in [-0.3, -0.25) is 9.69 Å². The number of nitrogens with one attached hydrogen (secondary N) is 1. The van der Waals surface area contributed by atoms with Crippen molar-refractivity contribution in [3.05, 3.63) is 54.8 Å². The van der Waals surface area contributed by atoms with E-state index in [4.69, 9.17) is 0 Å². The predicted octanol–water partition coefficient (Wildman–Crippen LogP) is 3.26. The van der Waals surface area contributed by atoms with E-state index in [-0.39, 0.29) is 5.91 Å². The lowest BCUT2D eigenvalue weighted by molar-refractivity contribution is -0.134. The quantitative estimate of drug-likeness (QED) is 0.878. The Morgan fingerprint density at radius 2 is 2.09 bits per heavy atom. The van der Waals surface area contributed by atoms with Gasteiger partial charge in [-0.15, -0.1) is 0 Å². The van der Waals surface area contributed by atoms with E-state index < -0.39 is 5.41 Å². The molecule has 0 bridgehead atoms. The Hall–Kier alpha value is -2.69. The van der Waals surface area contributed by atoms with Gasteiger partial charge in [-0.1, -0.05) is 20.8 Å². The Morgan fingerprint density at radius 1 is 1.27 bits per heavy atom. The summed E-state index contributed by atoms with van der Waals surface area (Å²) < 4.78 is 0. The van der Waals surface area contributed by atoms with Crippen LogP contribution in [0, 0.1) is 5.41 Å². The van der Waals surface area contributed by atoms with Crippen molar-refractivity contribution in [2.75, 3.05) is 0 Å². The largest absolute Gasteiger partial charge is 0.337 e. The molecule has 3 heterocycles. The van der Waals surface area contributed by atoms with Gasteiger partial charge in [0.2, 0.25) is 5.91 Å². The van der Waals surface area contributed by atoms with E-state index in [0.717, 1.165) is 16.9 Å². The third-order valence-electron chi connectivity index (χ3n) is 3.34. The summed E-state index contributed by atoms with van der Waals surface area (Å²) >= 11 is 0. The van der Waals surface area contributed by atoms with E-state index in [1.54, 1.807) is 23.5 Å². The highest BCUT2D eigenvalue weighted by molar-refractivity contribution is 5.85. The number of aromatic nitrogens is 3. The minimum absolute atomic E-state index is 0.0425. The smallest absolute Gasteiger partial charge is 0.235 e. The lowest BCUT2D eigenvalue weighted by atomic mass is 9.95. The fourth-order valence-electron chi connectivity index (χ4n) is 2.17. The van der Waals surface area contributed by atoms with Gasteiger partial charge in [-0.25, -0.2) is 9.97 Å². The van der Waals surface area contributed by atoms with Crippen LogP contribution in [0.1, 0.15) is 26.6 Å². The minimum atomic E-state index is -0.428. The van der Waals surface area contributed by atoms with Gasteiger partial charge in [-0.2, -0.15) is 0 Å². The topological polar surface area (TPSA) is 61.9 Å². The molecule has 0 fully saturated rings. The van der Waals surface area contributed by atoms with Crippen LogP contribution in [0.2, 0.25) is 0 Å². The number of fused-ring (bicyclic) bond motifs is 1. The Morgan fingerprint density at radius 3 is 2.82 bits per heavy atom. The number of aromatic amines is 1. The predicted molar refractivity (Wildman–Crippen MR) is 86.4 cm³/mol. The van der Waals surface area contributed by atoms with Crippen LogP contribution in [0.5, 0.6) is 0 Å². The molecule has 5 nitrogen and oxygen atoms in total. The molecule has 0 spiro atoms. The second-order valence-corrected chi connectivity index (χ2v) is 6.20. The first-order chi connectivity index (χ1) is 10.4. The van der Waals surface area contributed by atoms with Crippen LogP contribution in [0.4, 0.5) is 0 Å². The maximum Gasteiger partial charge on any atom is 0.235 e. The van der Waals surface area contributed by atoms with E-state index in [1.165, 1.54) is 0 Å². The van der Waals surface area contributed by atoms with E-state index >= 15 is 0 Å². The number of H-pyrrole nitrogens is 1. The Bertz CT molecular complexity index is 772. The summed E-state index contributed by atoms with van der Waals surface area (Å²) in [6, 6.07) is 3.80. The molecule has 0 saturated heterocycles. The van der Waals surface area contributed by atoms with E-state index in [2.05, 4.69) is 15.0 Å². The summed E-state index contributed by atoms with van der Waals surface area (Å²) in [6.45, 7) is 5.71. The third-order valence-corrected chi connectivity index (χ3v) is 3.34. The molecule has 0 atom stereocenters. The summed E-state index contributed by atoms with van der Waals surface area (Å²) in [5, 5.41) is 0. The molecule has 0 aliphatic carbocycles. The van der Waals surface area contributed by atoms with Crippen LogP contribution in [0.3, 0.4) is 0 Å². The van der Waals surface area contributed by atoms with Gasteiger partial charge in [0.25, 0.3) is 0 Å². The maximum atomic E-state index is 12.3. The molecule has 0 aromatic carbocycles. The molecular weight excluding hydrogens is 276 g/mol. The SMILES string of the molecule is CC(C)(C)C(=O)N1C=CC=C(c2nc3ncccc3[nH]2)C=C1. The van der Waals surface area contributed by atoms with E-state index in [1.807, 2.05) is 51.1 Å². The highest BCUT2D eigenvalue weighted by atomic mass is 16.2. The number of carbonyl (C=O) groups is 1. The first kappa shape index (κ1) is 14.3. The summed E-state index contributed by atoms with van der Waals surface area (Å²) in [6.07, 6.45) is 10.9. The van der Waals surface area contributed by atoms with E-state index in [0.29, 0.717) is 5.65 Å². The second kappa shape index (κ2) is 5.26. The van der Waals surface area contributed by atoms with Crippen molar-refractivity contribution in [2.45, 2.75) is 20.8 Å². The molecule has 1 aliphatic rings. The molecule has 0 saturated carbocycles. The van der Waals surface area contributed by atoms with Gasteiger partial charge in [-0.05, 0) is 30.4 Å². The normalized spacial score (nSPS) is 15.0. The van der Waals surface area contributed by atoms with Crippen LogP contribution in [-0.2, 0) is 4.79 Å². The molecule has 0 unspecified atom stereocenters. The number of hydrogen-bond donors (Lipinski definition) is 1. The van der Waals surface area contributed by atoms with Crippen molar-refractivity contribution in [3.63, 3.8) is 0 Å². The monoisotopic (exact) mass is 294 g/mol. The molecule has 22 heavy (non-hydrogen) atoms. The van der Waals surface area contributed by atoms with Gasteiger partial charge in [0.05, 0.1) is 5.52 Å². The van der Waals surface area contributed by atoms with Crippen molar-refractivity contribution in [2.24, 2.45) is 5.41 Å². The molecule has 112 valence electrons. The molecule has 1 amide bonds. The molecular formula is C17H18N4O. The number of imidazole rings is 1. The molecule has 3 rings (SSSR count). The number of hydrogen-bond acceptors (Lipinski definition) is 3. The van der Waals surface area contributed by atoms with Gasteiger partial charge >= 0.3 is 0 Å². The van der Waals surface area contributed by atoms with Crippen LogP contribution in [0.15, 0.2) is 49.0 Å². The first-order valence-electron chi connectivity index (χ1n) is 7.16. The highest BCUT2D eigenvalue weighted by Crippen LogP contribution is 2.22. The minimum Gasteiger partial charge on any atom is -0.337 e. The highest BCUT2D eigenvalue weighted by Gasteiger charge is 2.25. The number of rotatable bonds is 1. The number of nitrogens with zero attached hydrogens (tertiary/aromatic N) is 3. The van der Waals surface area contributed by atoms with Crippen molar-refractivity contribution >= 4 is 22.6 Å². The number of pyridine rings is 1. The number of carbonyl (C=O) groups excluding carboxylic acids is 1. The summed E-state index contributed by atoms with van der Waals surface area (Å²) in [5.41, 5.74) is 2.05. The fourth-order valence-corrected chi connectivity index (χ4v) is 2.17. The van der Waals surface area contributed by atoms with Gasteiger partial charge in [0.15, 0.2) is 5.65 Å². The third kappa shape index (κ3) is 2.70. The van der Waals surface area contributed by atoms with Crippen LogP contribution in [-0.4, -0.2) is 25.8 Å². The van der Waals surface area contributed by atoms with Crippen LogP contribution >= 0.6 is 0 Å². The second-order valence-electron chi connectivity index (χ2n) is 6.20. The molecule has 1 aliphatic heterocycles. The van der Waals surface area contributed by atoms with Crippen molar-refractivity contribution in [1.82, 2.24) is 19.9 Å². The number of amides is 1. The van der Waals surface area contributed by atoms with Gasteiger partial charge in [0, 0.05) is 29.6 Å². The molecule has 0 radical (unpaired) electrons. The maximum absolute atomic E-state index is 12.3. The average Bonchev–Trinajstić information content (AvgIpc) is 2.75. The number of allylic oxidation sites excluding steroid dienone is 4. The zero-order valence-corrected chi connectivity index (χ0v) is 12.9. The Balaban J connectivity index is 1.90. The molecule has 2 aromatic rings. The fraction of sp³-hybridized carbons (Fsp3) is 0.235. The van der Waals surface area contributed by atoms with Gasteiger partial charge < -0.3 is 4.98 Å². The zero-order chi connectivity index (χ0) is 15.7. The zero-order valence-electron chi connectivity index (χ0n) is 12.9. The standard InChI is InChI=1S/C17H18N4O/c1-17(2,3)16(22)21-10-5-6-12(8-11-21)14-19-13-7-4-9-18-15(13)20-14/h4-11H,1-3H3,(H,18,19,20). The lowest BCUT2D eigenvalue weighted by Crippen LogP contribution is -2.32. The van der Waals surface area contributed by atoms with E-state index in [9.17, 15) is 4.79 Å². The first-order valence-corrected chi connectivity index (χ1v) is 7.16. The van der Waals surface area contributed by atoms with Crippen molar-refractivity contribution < 1.29 is 4.79 Å². The Labute approximate surface area is 129 Å². The summed E-state index contributed by atoms with van der Waals surface area (Å²) in [4.78, 5) is 25.9. The summed E-state index contributed by atoms with van der Waals surface area (Å²) in [5.74, 6) is 0.778. The molecule has 5 heteroatoms. The van der Waals surface area contributed by atoms with Gasteiger partial charge in [0.1, 0.15) is 5.82 Å². The molecule has 2 aromatic heterocycles. The Kier molecular flexibility index (Phi) is 3.41. The van der Waals surface area contributed by atoms with Crippen molar-refractivity contribution in [3.8, 4) is 0 Å². The molecule has 1 N–H and O–H groups in total. The van der Waals surface area contributed by atoms with Crippen molar-refractivity contribution in [1.29, 1.82) is 0 Å². The van der Waals surface area contributed by atoms with Crippen LogP contribution in [0.25, 0.3) is 16.7 Å².